The summed E-state index contributed by atoms with van der Waals surface area (Å²) in [5.41, 5.74) is 5.47. The van der Waals surface area contributed by atoms with E-state index in [0.717, 1.165) is 53.9 Å². The molecule has 0 amide bonds. The lowest BCUT2D eigenvalue weighted by Crippen LogP contribution is -2.36. The van der Waals surface area contributed by atoms with Gasteiger partial charge in [-0.3, -0.25) is 14.9 Å². The standard InChI is InChI=1S/C22H23N5/c1-2-8-19-18(7-1)25-21(26-19)13-16-5-4-12-27(14-16)15-17-6-3-9-20-22(17)24-11-10-23-20/h1-3,6-11,16H,4-5,12-15H2,(H,25,26). The summed E-state index contributed by atoms with van der Waals surface area (Å²) in [6.07, 6.45) is 7.06. The molecule has 1 aliphatic rings. The normalized spacial score (nSPS) is 18.3. The van der Waals surface area contributed by atoms with E-state index in [-0.39, 0.29) is 0 Å². The van der Waals surface area contributed by atoms with Gasteiger partial charge in [0.2, 0.25) is 0 Å². The van der Waals surface area contributed by atoms with E-state index in [2.05, 4.69) is 50.2 Å². The highest BCUT2D eigenvalue weighted by Gasteiger charge is 2.22. The van der Waals surface area contributed by atoms with E-state index in [1.54, 1.807) is 12.4 Å². The van der Waals surface area contributed by atoms with Crippen LogP contribution in [-0.4, -0.2) is 37.9 Å². The summed E-state index contributed by atoms with van der Waals surface area (Å²) < 4.78 is 0. The van der Waals surface area contributed by atoms with Crippen molar-refractivity contribution in [3.63, 3.8) is 0 Å². The maximum Gasteiger partial charge on any atom is 0.107 e. The number of benzene rings is 2. The summed E-state index contributed by atoms with van der Waals surface area (Å²) in [7, 11) is 0. The smallest absolute Gasteiger partial charge is 0.107 e. The van der Waals surface area contributed by atoms with Crippen LogP contribution in [0.5, 0.6) is 0 Å². The highest BCUT2D eigenvalue weighted by atomic mass is 15.1. The molecule has 5 rings (SSSR count). The third-order valence-electron chi connectivity index (χ3n) is 5.50. The zero-order chi connectivity index (χ0) is 18.1. The summed E-state index contributed by atoms with van der Waals surface area (Å²) in [5.74, 6) is 1.75. The first-order valence-corrected chi connectivity index (χ1v) is 9.70. The van der Waals surface area contributed by atoms with Gasteiger partial charge in [-0.1, -0.05) is 24.3 Å². The Hall–Kier alpha value is -2.79. The van der Waals surface area contributed by atoms with Gasteiger partial charge in [-0.05, 0) is 49.1 Å². The molecule has 0 saturated carbocycles. The van der Waals surface area contributed by atoms with E-state index < -0.39 is 0 Å². The maximum atomic E-state index is 4.76. The van der Waals surface area contributed by atoms with Gasteiger partial charge in [0.05, 0.1) is 22.1 Å². The third kappa shape index (κ3) is 3.43. The molecule has 2 aromatic heterocycles. The van der Waals surface area contributed by atoms with Gasteiger partial charge < -0.3 is 4.98 Å². The average molecular weight is 357 g/mol. The van der Waals surface area contributed by atoms with Crippen molar-refractivity contribution in [3.05, 3.63) is 66.2 Å². The zero-order valence-electron chi connectivity index (χ0n) is 15.3. The molecule has 1 N–H and O–H groups in total. The van der Waals surface area contributed by atoms with E-state index in [9.17, 15) is 0 Å². The van der Waals surface area contributed by atoms with Crippen molar-refractivity contribution in [2.24, 2.45) is 5.92 Å². The summed E-state index contributed by atoms with van der Waals surface area (Å²) in [6.45, 7) is 3.19. The molecule has 1 atom stereocenters. The Kier molecular flexibility index (Phi) is 4.30. The SMILES string of the molecule is c1ccc2[nH]c(CC3CCCN(Cc4cccc5nccnc45)C3)nc2c1. The van der Waals surface area contributed by atoms with Crippen molar-refractivity contribution in [2.75, 3.05) is 13.1 Å². The summed E-state index contributed by atoms with van der Waals surface area (Å²) in [4.78, 5) is 19.8. The molecule has 0 aliphatic carbocycles. The number of piperidine rings is 1. The van der Waals surface area contributed by atoms with Crippen LogP contribution >= 0.6 is 0 Å². The molecular weight excluding hydrogens is 334 g/mol. The highest BCUT2D eigenvalue weighted by molar-refractivity contribution is 5.77. The number of nitrogens with zero attached hydrogens (tertiary/aromatic N) is 4. The molecule has 1 unspecified atom stereocenters. The lowest BCUT2D eigenvalue weighted by Gasteiger charge is -2.32. The molecule has 5 heteroatoms. The monoisotopic (exact) mass is 357 g/mol. The Labute approximate surface area is 158 Å². The van der Waals surface area contributed by atoms with E-state index in [4.69, 9.17) is 4.98 Å². The lowest BCUT2D eigenvalue weighted by molar-refractivity contribution is 0.166. The predicted octanol–water partition coefficient (Wildman–Crippen LogP) is 3.96. The fourth-order valence-corrected chi connectivity index (χ4v) is 4.26. The molecule has 3 heterocycles. The Morgan fingerprint density at radius 3 is 2.85 bits per heavy atom. The molecule has 1 aliphatic heterocycles. The summed E-state index contributed by atoms with van der Waals surface area (Å²) >= 11 is 0. The molecule has 1 fully saturated rings. The number of para-hydroxylation sites is 3. The number of hydrogen-bond donors (Lipinski definition) is 1. The Morgan fingerprint density at radius 2 is 1.89 bits per heavy atom. The van der Waals surface area contributed by atoms with Crippen LogP contribution in [0.2, 0.25) is 0 Å². The van der Waals surface area contributed by atoms with Crippen LogP contribution in [0.15, 0.2) is 54.9 Å². The van der Waals surface area contributed by atoms with Crippen LogP contribution in [-0.2, 0) is 13.0 Å². The summed E-state index contributed by atoms with van der Waals surface area (Å²) in [5, 5.41) is 0. The molecule has 0 radical (unpaired) electrons. The Bertz CT molecular complexity index is 1030. The minimum absolute atomic E-state index is 0.639. The van der Waals surface area contributed by atoms with E-state index >= 15 is 0 Å². The van der Waals surface area contributed by atoms with E-state index in [1.165, 1.54) is 18.4 Å². The molecular formula is C22H23N5. The van der Waals surface area contributed by atoms with Crippen LogP contribution in [0.1, 0.15) is 24.2 Å². The first-order chi connectivity index (χ1) is 13.3. The van der Waals surface area contributed by atoms with Crippen LogP contribution in [0.4, 0.5) is 0 Å². The van der Waals surface area contributed by atoms with Gasteiger partial charge in [0.1, 0.15) is 5.82 Å². The van der Waals surface area contributed by atoms with E-state index in [1.807, 2.05) is 12.1 Å². The number of imidazole rings is 1. The van der Waals surface area contributed by atoms with Crippen molar-refractivity contribution in [3.8, 4) is 0 Å². The van der Waals surface area contributed by atoms with Gasteiger partial charge in [-0.2, -0.15) is 0 Å². The number of hydrogen-bond acceptors (Lipinski definition) is 4. The number of aromatic amines is 1. The number of rotatable bonds is 4. The third-order valence-corrected chi connectivity index (χ3v) is 5.50. The Morgan fingerprint density at radius 1 is 1.00 bits per heavy atom. The maximum absolute atomic E-state index is 4.76. The second-order valence-corrected chi connectivity index (χ2v) is 7.49. The molecule has 0 spiro atoms. The van der Waals surface area contributed by atoms with Gasteiger partial charge >= 0.3 is 0 Å². The predicted molar refractivity (Wildman–Crippen MR) is 107 cm³/mol. The van der Waals surface area contributed by atoms with Crippen LogP contribution in [0, 0.1) is 5.92 Å². The van der Waals surface area contributed by atoms with Crippen LogP contribution < -0.4 is 0 Å². The van der Waals surface area contributed by atoms with Gasteiger partial charge in [-0.25, -0.2) is 4.98 Å². The van der Waals surface area contributed by atoms with Crippen LogP contribution in [0.25, 0.3) is 22.1 Å². The second-order valence-electron chi connectivity index (χ2n) is 7.49. The first kappa shape index (κ1) is 16.4. The fourth-order valence-electron chi connectivity index (χ4n) is 4.26. The highest BCUT2D eigenvalue weighted by Crippen LogP contribution is 2.24. The molecule has 136 valence electrons. The van der Waals surface area contributed by atoms with Crippen molar-refractivity contribution >= 4 is 22.1 Å². The summed E-state index contributed by atoms with van der Waals surface area (Å²) in [6, 6.07) is 14.6. The van der Waals surface area contributed by atoms with Gasteiger partial charge in [0.25, 0.3) is 0 Å². The molecule has 4 aromatic rings. The molecule has 0 bridgehead atoms. The van der Waals surface area contributed by atoms with Crippen molar-refractivity contribution in [1.29, 1.82) is 0 Å². The van der Waals surface area contributed by atoms with Crippen molar-refractivity contribution < 1.29 is 0 Å². The quantitative estimate of drug-likeness (QED) is 0.601. The second kappa shape index (κ2) is 7.08. The largest absolute Gasteiger partial charge is 0.342 e. The lowest BCUT2D eigenvalue weighted by atomic mass is 9.94. The van der Waals surface area contributed by atoms with E-state index in [0.29, 0.717) is 5.92 Å². The van der Waals surface area contributed by atoms with Crippen molar-refractivity contribution in [1.82, 2.24) is 24.8 Å². The average Bonchev–Trinajstić information content (AvgIpc) is 3.11. The minimum atomic E-state index is 0.639. The number of nitrogens with one attached hydrogen (secondary N) is 1. The topological polar surface area (TPSA) is 57.7 Å². The first-order valence-electron chi connectivity index (χ1n) is 9.70. The number of aromatic nitrogens is 4. The molecule has 2 aromatic carbocycles. The van der Waals surface area contributed by atoms with Crippen molar-refractivity contribution in [2.45, 2.75) is 25.8 Å². The van der Waals surface area contributed by atoms with Gasteiger partial charge in [0.15, 0.2) is 0 Å². The van der Waals surface area contributed by atoms with Gasteiger partial charge in [0, 0.05) is 31.9 Å². The number of H-pyrrole nitrogens is 1. The fraction of sp³-hybridized carbons (Fsp3) is 0.318. The molecule has 5 nitrogen and oxygen atoms in total. The number of likely N-dealkylation sites (tertiary alicyclic amines) is 1. The Balaban J connectivity index is 1.30. The zero-order valence-corrected chi connectivity index (χ0v) is 15.3. The van der Waals surface area contributed by atoms with Gasteiger partial charge in [-0.15, -0.1) is 0 Å². The molecule has 27 heavy (non-hydrogen) atoms. The molecule has 1 saturated heterocycles. The van der Waals surface area contributed by atoms with Crippen LogP contribution in [0.3, 0.4) is 0 Å². The minimum Gasteiger partial charge on any atom is -0.342 e. The number of fused-ring (bicyclic) bond motifs is 2.